The lowest BCUT2D eigenvalue weighted by Gasteiger charge is -2.45. The molecule has 0 aromatic heterocycles. The minimum atomic E-state index is -5.06. The van der Waals surface area contributed by atoms with Crippen LogP contribution in [0.3, 0.4) is 0 Å². The second kappa shape index (κ2) is 8.87. The van der Waals surface area contributed by atoms with E-state index in [4.69, 9.17) is 18.8 Å². The number of rotatable bonds is 6. The third-order valence-electron chi connectivity index (χ3n) is 4.18. The third kappa shape index (κ3) is 5.10. The molecule has 0 aromatic carbocycles. The van der Waals surface area contributed by atoms with Crippen LogP contribution in [0.5, 0.6) is 0 Å². The van der Waals surface area contributed by atoms with E-state index in [1.54, 1.807) is 0 Å². The SMILES string of the molecule is O=S(=O)(O)O[C@@H]1[C@H](O)[C@@H](O)[C@H](O[C@@H]2[C@H](O)[C@@H](O)[C@@H](O)O[C@@H]2CO)O[C@@H]1CO. The first-order valence-electron chi connectivity index (χ1n) is 7.74. The first-order chi connectivity index (χ1) is 12.5. The van der Waals surface area contributed by atoms with Crippen molar-refractivity contribution in [3.63, 3.8) is 0 Å². The molecular weight excluding hydrogens is 400 g/mol. The average Bonchev–Trinajstić information content (AvgIpc) is 2.60. The lowest BCUT2D eigenvalue weighted by molar-refractivity contribution is -0.353. The molecule has 2 saturated heterocycles. The van der Waals surface area contributed by atoms with Gasteiger partial charge in [-0.05, 0) is 0 Å². The number of aliphatic hydroxyl groups excluding tert-OH is 7. The van der Waals surface area contributed by atoms with E-state index >= 15 is 0 Å². The van der Waals surface area contributed by atoms with Gasteiger partial charge in [0, 0.05) is 0 Å². The van der Waals surface area contributed by atoms with Crippen molar-refractivity contribution >= 4 is 10.4 Å². The van der Waals surface area contributed by atoms with Crippen molar-refractivity contribution < 1.29 is 67.1 Å². The van der Waals surface area contributed by atoms with E-state index in [2.05, 4.69) is 4.18 Å². The summed E-state index contributed by atoms with van der Waals surface area (Å²) in [5, 5.41) is 67.8. The summed E-state index contributed by atoms with van der Waals surface area (Å²) in [5.74, 6) is 0. The standard InChI is InChI=1S/C12H22O14S/c13-1-3-9(5(15)7(17)11(19)23-3)25-12-8(18)6(16)10(4(2-14)24-12)26-27(20,21)22/h3-19H,1-2H2,(H,20,21,22)/t3-,4-,5-,6-,7-,8-,9+,10+,11+,12+/m1/s1. The van der Waals surface area contributed by atoms with Crippen LogP contribution in [0, 0.1) is 0 Å². The number of hydrogen-bond acceptors (Lipinski definition) is 13. The molecule has 2 fully saturated rings. The van der Waals surface area contributed by atoms with Gasteiger partial charge in [0.2, 0.25) is 0 Å². The van der Waals surface area contributed by atoms with Gasteiger partial charge in [-0.25, -0.2) is 4.18 Å². The van der Waals surface area contributed by atoms with Crippen molar-refractivity contribution in [3.8, 4) is 0 Å². The van der Waals surface area contributed by atoms with Crippen LogP contribution in [0.1, 0.15) is 0 Å². The highest BCUT2D eigenvalue weighted by Gasteiger charge is 2.51. The second-order valence-electron chi connectivity index (χ2n) is 6.02. The molecule has 0 aromatic rings. The molecule has 0 bridgehead atoms. The third-order valence-corrected chi connectivity index (χ3v) is 4.65. The fraction of sp³-hybridized carbons (Fsp3) is 1.00. The Morgan fingerprint density at radius 3 is 1.81 bits per heavy atom. The fourth-order valence-electron chi connectivity index (χ4n) is 2.81. The van der Waals surface area contributed by atoms with E-state index in [0.29, 0.717) is 0 Å². The average molecular weight is 422 g/mol. The van der Waals surface area contributed by atoms with Crippen LogP contribution in [0.25, 0.3) is 0 Å². The number of ether oxygens (including phenoxy) is 3. The maximum absolute atomic E-state index is 10.8. The van der Waals surface area contributed by atoms with E-state index in [9.17, 15) is 44.2 Å². The van der Waals surface area contributed by atoms with Gasteiger partial charge in [0.1, 0.15) is 48.8 Å². The Morgan fingerprint density at radius 1 is 0.778 bits per heavy atom. The van der Waals surface area contributed by atoms with Crippen LogP contribution < -0.4 is 0 Å². The summed E-state index contributed by atoms with van der Waals surface area (Å²) in [6, 6.07) is 0. The predicted octanol–water partition coefficient (Wildman–Crippen LogP) is -5.57. The molecule has 14 nitrogen and oxygen atoms in total. The molecule has 0 aliphatic carbocycles. The van der Waals surface area contributed by atoms with Gasteiger partial charge in [-0.15, -0.1) is 0 Å². The Kier molecular flexibility index (Phi) is 7.47. The molecule has 0 saturated carbocycles. The van der Waals surface area contributed by atoms with Crippen molar-refractivity contribution in [1.29, 1.82) is 0 Å². The van der Waals surface area contributed by atoms with Crippen LogP contribution in [0.4, 0.5) is 0 Å². The van der Waals surface area contributed by atoms with Gasteiger partial charge in [-0.1, -0.05) is 0 Å². The van der Waals surface area contributed by atoms with Crippen molar-refractivity contribution in [2.24, 2.45) is 0 Å². The van der Waals surface area contributed by atoms with Crippen LogP contribution in [-0.4, -0.2) is 123 Å². The summed E-state index contributed by atoms with van der Waals surface area (Å²) in [5.41, 5.74) is 0. The molecule has 2 rings (SSSR count). The van der Waals surface area contributed by atoms with E-state index < -0.39 is 85.0 Å². The summed E-state index contributed by atoms with van der Waals surface area (Å²) in [6.45, 7) is -1.69. The largest absolute Gasteiger partial charge is 0.397 e. The number of aliphatic hydroxyl groups is 7. The molecule has 27 heavy (non-hydrogen) atoms. The summed E-state index contributed by atoms with van der Waals surface area (Å²) in [6.07, 6.45) is -17.6. The Labute approximate surface area is 153 Å². The molecular formula is C12H22O14S. The normalized spacial score (nSPS) is 46.4. The van der Waals surface area contributed by atoms with Crippen molar-refractivity contribution in [2.75, 3.05) is 13.2 Å². The summed E-state index contributed by atoms with van der Waals surface area (Å²) >= 11 is 0. The zero-order valence-corrected chi connectivity index (χ0v) is 14.4. The van der Waals surface area contributed by atoms with E-state index in [0.717, 1.165) is 0 Å². The van der Waals surface area contributed by atoms with Gasteiger partial charge in [-0.2, -0.15) is 8.42 Å². The van der Waals surface area contributed by atoms with Gasteiger partial charge >= 0.3 is 10.4 Å². The van der Waals surface area contributed by atoms with Crippen molar-refractivity contribution in [3.05, 3.63) is 0 Å². The zero-order chi connectivity index (χ0) is 20.5. The summed E-state index contributed by atoms with van der Waals surface area (Å²) in [7, 11) is -5.06. The minimum Gasteiger partial charge on any atom is -0.394 e. The fourth-order valence-corrected chi connectivity index (χ4v) is 3.33. The molecule has 0 radical (unpaired) electrons. The van der Waals surface area contributed by atoms with Crippen LogP contribution in [-0.2, 0) is 28.8 Å². The Hall–Kier alpha value is -0.530. The highest BCUT2D eigenvalue weighted by Crippen LogP contribution is 2.29. The van der Waals surface area contributed by atoms with Gasteiger partial charge in [0.25, 0.3) is 0 Å². The zero-order valence-electron chi connectivity index (χ0n) is 13.6. The Balaban J connectivity index is 2.16. The highest BCUT2D eigenvalue weighted by molar-refractivity contribution is 7.80. The summed E-state index contributed by atoms with van der Waals surface area (Å²) in [4.78, 5) is 0. The highest BCUT2D eigenvalue weighted by atomic mass is 32.3. The molecule has 0 unspecified atom stereocenters. The molecule has 0 amide bonds. The molecule has 0 spiro atoms. The second-order valence-corrected chi connectivity index (χ2v) is 7.07. The van der Waals surface area contributed by atoms with Crippen LogP contribution in [0.2, 0.25) is 0 Å². The molecule has 2 heterocycles. The first-order valence-corrected chi connectivity index (χ1v) is 9.10. The number of hydrogen-bond donors (Lipinski definition) is 8. The Morgan fingerprint density at radius 2 is 1.30 bits per heavy atom. The lowest BCUT2D eigenvalue weighted by Crippen LogP contribution is -2.64. The van der Waals surface area contributed by atoms with Gasteiger partial charge in [0.15, 0.2) is 12.6 Å². The van der Waals surface area contributed by atoms with E-state index in [-0.39, 0.29) is 0 Å². The van der Waals surface area contributed by atoms with Crippen molar-refractivity contribution in [2.45, 2.75) is 61.4 Å². The summed E-state index contributed by atoms with van der Waals surface area (Å²) < 4.78 is 49.8. The van der Waals surface area contributed by atoms with Crippen LogP contribution in [0.15, 0.2) is 0 Å². The Bertz CT molecular complexity index is 581. The monoisotopic (exact) mass is 422 g/mol. The molecule has 2 aliphatic rings. The quantitative estimate of drug-likeness (QED) is 0.186. The smallest absolute Gasteiger partial charge is 0.394 e. The molecule has 2 aliphatic heterocycles. The van der Waals surface area contributed by atoms with Gasteiger partial charge < -0.3 is 50.0 Å². The first kappa shape index (κ1) is 22.8. The minimum absolute atomic E-state index is 0.769. The maximum atomic E-state index is 10.8. The van der Waals surface area contributed by atoms with E-state index in [1.807, 2.05) is 0 Å². The lowest BCUT2D eigenvalue weighted by atomic mass is 9.97. The predicted molar refractivity (Wildman–Crippen MR) is 79.0 cm³/mol. The topological polar surface area (TPSA) is 233 Å². The van der Waals surface area contributed by atoms with Crippen LogP contribution >= 0.6 is 0 Å². The van der Waals surface area contributed by atoms with Crippen molar-refractivity contribution in [1.82, 2.24) is 0 Å². The molecule has 15 heteroatoms. The van der Waals surface area contributed by atoms with E-state index in [1.165, 1.54) is 0 Å². The maximum Gasteiger partial charge on any atom is 0.397 e. The van der Waals surface area contributed by atoms with Gasteiger partial charge in [0.05, 0.1) is 13.2 Å². The van der Waals surface area contributed by atoms with Gasteiger partial charge in [-0.3, -0.25) is 4.55 Å². The molecule has 160 valence electrons. The molecule has 10 atom stereocenters. The molecule has 8 N–H and O–H groups in total.